The zero-order valence-corrected chi connectivity index (χ0v) is 13.2. The molecule has 1 saturated carbocycles. The molecule has 0 radical (unpaired) electrons. The van der Waals surface area contributed by atoms with Crippen molar-refractivity contribution < 1.29 is 4.79 Å². The number of hydrogen-bond acceptors (Lipinski definition) is 1. The van der Waals surface area contributed by atoms with Gasteiger partial charge in [-0.15, -0.1) is 0 Å². The summed E-state index contributed by atoms with van der Waals surface area (Å²) in [4.78, 5) is 11.7. The molecule has 0 aromatic heterocycles. The maximum Gasteiger partial charge on any atom is 0.133 e. The molecule has 0 N–H and O–H groups in total. The third kappa shape index (κ3) is 4.09. The van der Waals surface area contributed by atoms with Crippen molar-refractivity contribution in [3.8, 4) is 0 Å². The Balaban J connectivity index is 2.21. The van der Waals surface area contributed by atoms with Crippen LogP contribution in [0.4, 0.5) is 0 Å². The van der Waals surface area contributed by atoms with Crippen LogP contribution in [0.1, 0.15) is 58.3 Å². The minimum atomic E-state index is 0.0969. The second kappa shape index (κ2) is 7.26. The van der Waals surface area contributed by atoms with E-state index in [-0.39, 0.29) is 11.7 Å². The van der Waals surface area contributed by atoms with Gasteiger partial charge in [-0.1, -0.05) is 55.2 Å². The van der Waals surface area contributed by atoms with Crippen LogP contribution in [0.5, 0.6) is 0 Å². The number of hydrogen-bond donors (Lipinski definition) is 0. The summed E-state index contributed by atoms with van der Waals surface area (Å²) in [5, 5.41) is 0.853. The molecule has 1 atom stereocenters. The molecule has 0 saturated heterocycles. The molecular formula is C18H25ClO. The van der Waals surface area contributed by atoms with Crippen molar-refractivity contribution in [2.24, 2.45) is 11.8 Å². The van der Waals surface area contributed by atoms with Crippen LogP contribution in [0.3, 0.4) is 0 Å². The molecule has 1 nitrogen and oxygen atoms in total. The van der Waals surface area contributed by atoms with Crippen molar-refractivity contribution >= 4 is 17.4 Å². The Morgan fingerprint density at radius 2 is 1.95 bits per heavy atom. The lowest BCUT2D eigenvalue weighted by Gasteiger charge is -2.24. The summed E-state index contributed by atoms with van der Waals surface area (Å²) < 4.78 is 0. The van der Waals surface area contributed by atoms with E-state index in [0.29, 0.717) is 5.92 Å². The van der Waals surface area contributed by atoms with Crippen molar-refractivity contribution in [1.29, 1.82) is 0 Å². The van der Waals surface area contributed by atoms with Crippen LogP contribution in [0.15, 0.2) is 34.9 Å². The highest BCUT2D eigenvalue weighted by Crippen LogP contribution is 2.37. The quantitative estimate of drug-likeness (QED) is 0.651. The second-order valence-electron chi connectivity index (χ2n) is 6.23. The third-order valence-electron chi connectivity index (χ3n) is 4.65. The summed E-state index contributed by atoms with van der Waals surface area (Å²) in [5.41, 5.74) is 2.38. The van der Waals surface area contributed by atoms with E-state index in [1.807, 2.05) is 0 Å². The van der Waals surface area contributed by atoms with Crippen molar-refractivity contribution in [2.45, 2.75) is 58.3 Å². The molecule has 0 aliphatic heterocycles. The minimum Gasteiger partial charge on any atom is -0.300 e. The van der Waals surface area contributed by atoms with Gasteiger partial charge in [0.2, 0.25) is 0 Å². The molecule has 0 bridgehead atoms. The molecule has 2 rings (SSSR count). The fraction of sp³-hybridized carbons (Fsp3) is 0.611. The summed E-state index contributed by atoms with van der Waals surface area (Å²) in [6.07, 6.45) is 13.2. The first-order valence-corrected chi connectivity index (χ1v) is 8.21. The van der Waals surface area contributed by atoms with E-state index in [4.69, 9.17) is 11.6 Å². The van der Waals surface area contributed by atoms with E-state index in [9.17, 15) is 4.79 Å². The lowest BCUT2D eigenvalue weighted by atomic mass is 9.82. The first-order valence-electron chi connectivity index (χ1n) is 7.83. The van der Waals surface area contributed by atoms with Crippen molar-refractivity contribution in [1.82, 2.24) is 0 Å². The highest BCUT2D eigenvalue weighted by Gasteiger charge is 2.22. The molecule has 0 spiro atoms. The molecule has 1 fully saturated rings. The maximum atomic E-state index is 11.7. The molecule has 0 heterocycles. The molecule has 0 aromatic rings. The van der Waals surface area contributed by atoms with Crippen LogP contribution in [0, 0.1) is 11.8 Å². The fourth-order valence-electron chi connectivity index (χ4n) is 3.30. The lowest BCUT2D eigenvalue weighted by molar-refractivity contribution is -0.120. The zero-order chi connectivity index (χ0) is 14.5. The number of ketones is 1. The summed E-state index contributed by atoms with van der Waals surface area (Å²) in [6, 6.07) is 0. The first kappa shape index (κ1) is 15.6. The number of carbonyl (C=O) groups excluding carboxylic acids is 1. The Labute approximate surface area is 127 Å². The van der Waals surface area contributed by atoms with Crippen LogP contribution in [-0.4, -0.2) is 5.78 Å². The molecule has 110 valence electrons. The largest absolute Gasteiger partial charge is 0.300 e. The van der Waals surface area contributed by atoms with Crippen molar-refractivity contribution in [3.63, 3.8) is 0 Å². The number of Topliss-reactive ketones (excluding diaryl/α,β-unsaturated/α-hetero) is 1. The Morgan fingerprint density at radius 1 is 1.25 bits per heavy atom. The van der Waals surface area contributed by atoms with Gasteiger partial charge < -0.3 is 0 Å². The van der Waals surface area contributed by atoms with Gasteiger partial charge in [0.05, 0.1) is 0 Å². The van der Waals surface area contributed by atoms with Gasteiger partial charge in [0, 0.05) is 11.0 Å². The Morgan fingerprint density at radius 3 is 2.60 bits per heavy atom. The number of allylic oxidation sites excluding steroid dienone is 5. The Bertz CT molecular complexity index is 438. The zero-order valence-electron chi connectivity index (χ0n) is 12.5. The van der Waals surface area contributed by atoms with E-state index < -0.39 is 0 Å². The van der Waals surface area contributed by atoms with Crippen LogP contribution in [0.2, 0.25) is 0 Å². The van der Waals surface area contributed by atoms with E-state index in [1.54, 1.807) is 6.92 Å². The average molecular weight is 293 g/mol. The fourth-order valence-corrected chi connectivity index (χ4v) is 3.60. The van der Waals surface area contributed by atoms with E-state index in [1.165, 1.54) is 37.7 Å². The van der Waals surface area contributed by atoms with Crippen molar-refractivity contribution in [2.75, 3.05) is 0 Å². The second-order valence-corrected chi connectivity index (χ2v) is 6.63. The van der Waals surface area contributed by atoms with E-state index >= 15 is 0 Å². The predicted molar refractivity (Wildman–Crippen MR) is 85.8 cm³/mol. The van der Waals surface area contributed by atoms with Gasteiger partial charge in [-0.3, -0.25) is 4.79 Å². The highest BCUT2D eigenvalue weighted by atomic mass is 35.5. The topological polar surface area (TPSA) is 17.1 Å². The molecule has 2 heteroatoms. The van der Waals surface area contributed by atoms with Gasteiger partial charge in [-0.05, 0) is 50.5 Å². The standard InChI is InChI=1S/C18H25ClO/c1-13-8-9-15(14(2)20)10-11-18(19)17(12-13)16-6-4-3-5-7-16/h11-12,15-16H,1,3-10H2,2H3/b17-12-,18-11+. The number of rotatable bonds is 2. The molecule has 1 unspecified atom stereocenters. The van der Waals surface area contributed by atoms with Crippen molar-refractivity contribution in [3.05, 3.63) is 34.9 Å². The molecule has 2 aliphatic carbocycles. The summed E-state index contributed by atoms with van der Waals surface area (Å²) >= 11 is 6.54. The average Bonchev–Trinajstić information content (AvgIpc) is 2.51. The minimum absolute atomic E-state index is 0.0969. The SMILES string of the molecule is C=C1/C=C(C2CCCCC2)\C(Cl)=C/CC(C(C)=O)CC1. The Hall–Kier alpha value is -0.820. The molecule has 0 amide bonds. The summed E-state index contributed by atoms with van der Waals surface area (Å²) in [7, 11) is 0. The molecule has 0 aromatic carbocycles. The first-order chi connectivity index (χ1) is 9.58. The van der Waals surface area contributed by atoms with Gasteiger partial charge in [-0.25, -0.2) is 0 Å². The van der Waals surface area contributed by atoms with Gasteiger partial charge in [-0.2, -0.15) is 0 Å². The molecule has 20 heavy (non-hydrogen) atoms. The number of halogens is 1. The van der Waals surface area contributed by atoms with Crippen LogP contribution >= 0.6 is 11.6 Å². The monoisotopic (exact) mass is 292 g/mol. The molecular weight excluding hydrogens is 268 g/mol. The predicted octanol–water partition coefficient (Wildman–Crippen LogP) is 5.56. The Kier molecular flexibility index (Phi) is 5.65. The normalized spacial score (nSPS) is 31.3. The third-order valence-corrected chi connectivity index (χ3v) is 5.02. The highest BCUT2D eigenvalue weighted by molar-refractivity contribution is 6.32. The summed E-state index contributed by atoms with van der Waals surface area (Å²) in [6.45, 7) is 5.84. The van der Waals surface area contributed by atoms with Gasteiger partial charge in [0.15, 0.2) is 0 Å². The van der Waals surface area contributed by atoms with Crippen LogP contribution in [0.25, 0.3) is 0 Å². The van der Waals surface area contributed by atoms with E-state index in [2.05, 4.69) is 18.7 Å². The molecule has 2 aliphatic rings. The maximum absolute atomic E-state index is 11.7. The van der Waals surface area contributed by atoms with Crippen LogP contribution in [-0.2, 0) is 4.79 Å². The summed E-state index contributed by atoms with van der Waals surface area (Å²) in [5.74, 6) is 0.942. The van der Waals surface area contributed by atoms with Gasteiger partial charge >= 0.3 is 0 Å². The smallest absolute Gasteiger partial charge is 0.133 e. The van der Waals surface area contributed by atoms with Gasteiger partial charge in [0.25, 0.3) is 0 Å². The van der Waals surface area contributed by atoms with Gasteiger partial charge in [0.1, 0.15) is 5.78 Å². The number of carbonyl (C=O) groups is 1. The van der Waals surface area contributed by atoms with E-state index in [0.717, 1.165) is 29.9 Å². The van der Waals surface area contributed by atoms with Crippen LogP contribution < -0.4 is 0 Å². The lowest BCUT2D eigenvalue weighted by Crippen LogP contribution is -2.10.